The molecule has 0 aliphatic heterocycles. The lowest BCUT2D eigenvalue weighted by atomic mass is 10.2. The number of carbonyl (C=O) groups excluding carboxylic acids is 1. The van der Waals surface area contributed by atoms with E-state index in [0.717, 1.165) is 17.5 Å². The molecule has 0 fully saturated rings. The molecule has 1 amide bonds. The lowest BCUT2D eigenvalue weighted by Gasteiger charge is -2.03. The second-order valence-electron chi connectivity index (χ2n) is 3.43. The van der Waals surface area contributed by atoms with Gasteiger partial charge < -0.3 is 5.32 Å². The molecular formula is C10H17N3O2. The number of aromatic amines is 1. The van der Waals surface area contributed by atoms with E-state index in [2.05, 4.69) is 17.3 Å². The zero-order valence-electron chi connectivity index (χ0n) is 8.95. The highest BCUT2D eigenvalue weighted by Crippen LogP contribution is 1.96. The number of rotatable bonds is 5. The van der Waals surface area contributed by atoms with E-state index >= 15 is 0 Å². The van der Waals surface area contributed by atoms with Crippen molar-refractivity contribution >= 4 is 6.03 Å². The number of carbonyl (C=O) groups is 1. The molecule has 0 atom stereocenters. The average Bonchev–Trinajstić information content (AvgIpc) is 2.64. The normalized spacial score (nSPS) is 10.2. The quantitative estimate of drug-likeness (QED) is 0.721. The third kappa shape index (κ3) is 3.61. The van der Waals surface area contributed by atoms with Crippen molar-refractivity contribution in [1.29, 1.82) is 0 Å². The van der Waals surface area contributed by atoms with Crippen molar-refractivity contribution in [3.05, 3.63) is 22.6 Å². The van der Waals surface area contributed by atoms with E-state index in [1.54, 1.807) is 0 Å². The van der Waals surface area contributed by atoms with Gasteiger partial charge in [-0.25, -0.2) is 4.79 Å². The van der Waals surface area contributed by atoms with Gasteiger partial charge in [-0.1, -0.05) is 26.2 Å². The van der Waals surface area contributed by atoms with Crippen LogP contribution >= 0.6 is 0 Å². The number of hydrogen-bond donors (Lipinski definition) is 2. The molecule has 0 aliphatic rings. The van der Waals surface area contributed by atoms with E-state index in [4.69, 9.17) is 0 Å². The molecule has 1 aromatic heterocycles. The van der Waals surface area contributed by atoms with Gasteiger partial charge in [0, 0.05) is 18.8 Å². The molecule has 2 N–H and O–H groups in total. The highest BCUT2D eigenvalue weighted by molar-refractivity contribution is 5.75. The van der Waals surface area contributed by atoms with E-state index in [-0.39, 0.29) is 11.6 Å². The number of H-pyrrole nitrogens is 1. The van der Waals surface area contributed by atoms with Crippen molar-refractivity contribution in [3.63, 3.8) is 0 Å². The second-order valence-corrected chi connectivity index (χ2v) is 3.43. The molecule has 0 spiro atoms. The van der Waals surface area contributed by atoms with Gasteiger partial charge in [0.2, 0.25) is 0 Å². The first-order valence-corrected chi connectivity index (χ1v) is 5.30. The average molecular weight is 211 g/mol. The van der Waals surface area contributed by atoms with E-state index in [9.17, 15) is 9.59 Å². The van der Waals surface area contributed by atoms with Crippen LogP contribution in [0.1, 0.15) is 32.6 Å². The summed E-state index contributed by atoms with van der Waals surface area (Å²) >= 11 is 0. The summed E-state index contributed by atoms with van der Waals surface area (Å²) in [5.41, 5.74) is -0.332. The van der Waals surface area contributed by atoms with Gasteiger partial charge in [-0.15, -0.1) is 0 Å². The molecule has 5 nitrogen and oxygen atoms in total. The van der Waals surface area contributed by atoms with Crippen LogP contribution in [0.5, 0.6) is 0 Å². The Balaban J connectivity index is 2.26. The van der Waals surface area contributed by atoms with Gasteiger partial charge in [-0.05, 0) is 6.42 Å². The minimum Gasteiger partial charge on any atom is -0.336 e. The summed E-state index contributed by atoms with van der Waals surface area (Å²) in [5.74, 6) is 0. The summed E-state index contributed by atoms with van der Waals surface area (Å²) in [6, 6.07) is 0.929. The molecule has 1 rings (SSSR count). The number of hydrogen-bond acceptors (Lipinski definition) is 2. The van der Waals surface area contributed by atoms with Crippen molar-refractivity contribution in [3.8, 4) is 0 Å². The molecule has 1 aromatic rings. The summed E-state index contributed by atoms with van der Waals surface area (Å²) in [6.07, 6.45) is 5.85. The summed E-state index contributed by atoms with van der Waals surface area (Å²) in [4.78, 5) is 22.4. The summed E-state index contributed by atoms with van der Waals surface area (Å²) < 4.78 is 0.958. The fraction of sp³-hybridized carbons (Fsp3) is 0.600. The van der Waals surface area contributed by atoms with E-state index in [1.807, 2.05) is 0 Å². The Morgan fingerprint density at radius 2 is 2.27 bits per heavy atom. The lowest BCUT2D eigenvalue weighted by Crippen LogP contribution is -2.35. The van der Waals surface area contributed by atoms with E-state index in [1.165, 1.54) is 25.1 Å². The first-order chi connectivity index (χ1) is 7.25. The molecule has 0 radical (unpaired) electrons. The Kier molecular flexibility index (Phi) is 4.66. The van der Waals surface area contributed by atoms with Crippen molar-refractivity contribution in [2.24, 2.45) is 0 Å². The summed E-state index contributed by atoms with van der Waals surface area (Å²) in [6.45, 7) is 2.75. The van der Waals surface area contributed by atoms with E-state index < -0.39 is 0 Å². The van der Waals surface area contributed by atoms with E-state index in [0.29, 0.717) is 6.54 Å². The van der Waals surface area contributed by atoms with Crippen molar-refractivity contribution in [1.82, 2.24) is 15.1 Å². The molecule has 0 unspecified atom stereocenters. The van der Waals surface area contributed by atoms with Crippen LogP contribution in [0.2, 0.25) is 0 Å². The molecule has 1 heterocycles. The largest absolute Gasteiger partial charge is 0.343 e. The molecule has 0 bridgehead atoms. The smallest absolute Gasteiger partial charge is 0.336 e. The van der Waals surface area contributed by atoms with Crippen LogP contribution in [0, 0.1) is 0 Å². The third-order valence-corrected chi connectivity index (χ3v) is 2.16. The molecule has 0 aromatic carbocycles. The Labute approximate surface area is 88.5 Å². The van der Waals surface area contributed by atoms with Gasteiger partial charge in [0.15, 0.2) is 0 Å². The monoisotopic (exact) mass is 211 g/mol. The number of unbranched alkanes of at least 4 members (excludes halogenated alkanes) is 3. The first kappa shape index (κ1) is 11.6. The van der Waals surface area contributed by atoms with Crippen LogP contribution in [0.15, 0.2) is 17.1 Å². The highest BCUT2D eigenvalue weighted by atomic mass is 16.2. The maximum absolute atomic E-state index is 11.4. The Morgan fingerprint density at radius 1 is 1.47 bits per heavy atom. The minimum atomic E-state index is -0.388. The van der Waals surface area contributed by atoms with Crippen molar-refractivity contribution in [2.75, 3.05) is 6.54 Å². The van der Waals surface area contributed by atoms with Crippen LogP contribution in [-0.4, -0.2) is 22.4 Å². The fourth-order valence-electron chi connectivity index (χ4n) is 1.31. The summed E-state index contributed by atoms with van der Waals surface area (Å²) in [7, 11) is 0. The molecule has 5 heteroatoms. The highest BCUT2D eigenvalue weighted by Gasteiger charge is 2.05. The van der Waals surface area contributed by atoms with Gasteiger partial charge in [-0.2, -0.15) is 4.68 Å². The van der Waals surface area contributed by atoms with Gasteiger partial charge in [0.1, 0.15) is 0 Å². The van der Waals surface area contributed by atoms with Crippen LogP contribution in [-0.2, 0) is 0 Å². The maximum atomic E-state index is 11.4. The molecule has 0 saturated carbocycles. The molecule has 15 heavy (non-hydrogen) atoms. The Bertz CT molecular complexity index is 354. The summed E-state index contributed by atoms with van der Waals surface area (Å²) in [5, 5.41) is 5.23. The van der Waals surface area contributed by atoms with Crippen molar-refractivity contribution < 1.29 is 4.79 Å². The number of nitrogens with one attached hydrogen (secondary N) is 2. The number of nitrogens with zero attached hydrogens (tertiary/aromatic N) is 1. The number of amides is 1. The Hall–Kier alpha value is -1.52. The Morgan fingerprint density at radius 3 is 2.87 bits per heavy atom. The zero-order chi connectivity index (χ0) is 11.1. The van der Waals surface area contributed by atoms with Crippen molar-refractivity contribution in [2.45, 2.75) is 32.6 Å². The first-order valence-electron chi connectivity index (χ1n) is 5.30. The van der Waals surface area contributed by atoms with Gasteiger partial charge in [-0.3, -0.25) is 9.89 Å². The molecule has 0 aliphatic carbocycles. The zero-order valence-corrected chi connectivity index (χ0v) is 8.95. The number of aromatic nitrogens is 2. The third-order valence-electron chi connectivity index (χ3n) is 2.16. The van der Waals surface area contributed by atoms with Crippen LogP contribution in [0.4, 0.5) is 4.79 Å². The fourth-order valence-corrected chi connectivity index (χ4v) is 1.31. The minimum absolute atomic E-state index is 0.332. The molecule has 0 saturated heterocycles. The standard InChI is InChI=1S/C10H17N3O2/c1-2-3-4-5-7-11-10(15)13-9(14)6-8-12-13/h6,8,12H,2-5,7H2,1H3,(H,11,15). The molecular weight excluding hydrogens is 194 g/mol. The predicted molar refractivity (Wildman–Crippen MR) is 58.0 cm³/mol. The molecule has 84 valence electrons. The maximum Gasteiger partial charge on any atom is 0.343 e. The topological polar surface area (TPSA) is 66.9 Å². The second kappa shape index (κ2) is 6.06. The SMILES string of the molecule is CCCCCCNC(=O)n1[nH]ccc1=O. The lowest BCUT2D eigenvalue weighted by molar-refractivity contribution is 0.238. The van der Waals surface area contributed by atoms with Crippen LogP contribution in [0.25, 0.3) is 0 Å². The van der Waals surface area contributed by atoms with Crippen LogP contribution in [0.3, 0.4) is 0 Å². The van der Waals surface area contributed by atoms with Gasteiger partial charge in [0.05, 0.1) is 0 Å². The van der Waals surface area contributed by atoms with Gasteiger partial charge >= 0.3 is 6.03 Å². The van der Waals surface area contributed by atoms with Crippen LogP contribution < -0.4 is 10.9 Å². The van der Waals surface area contributed by atoms with Gasteiger partial charge in [0.25, 0.3) is 5.56 Å². The predicted octanol–water partition coefficient (Wildman–Crippen LogP) is 1.31.